The Morgan fingerprint density at radius 2 is 2.10 bits per heavy atom. The van der Waals surface area contributed by atoms with Gasteiger partial charge >= 0.3 is 0 Å². The lowest BCUT2D eigenvalue weighted by Gasteiger charge is -2.25. The predicted molar refractivity (Wildman–Crippen MR) is 75.1 cm³/mol. The highest BCUT2D eigenvalue weighted by Gasteiger charge is 2.32. The van der Waals surface area contributed by atoms with Crippen LogP contribution < -0.4 is 0 Å². The molecule has 0 spiro atoms. The van der Waals surface area contributed by atoms with Gasteiger partial charge in [0.1, 0.15) is 0 Å². The molecule has 1 N–H and O–H groups in total. The summed E-state index contributed by atoms with van der Waals surface area (Å²) in [7, 11) is 0. The molecule has 1 aromatic rings. The second-order valence-corrected chi connectivity index (χ2v) is 5.80. The van der Waals surface area contributed by atoms with Gasteiger partial charge < -0.3 is 10.0 Å². The summed E-state index contributed by atoms with van der Waals surface area (Å²) in [5, 5.41) is 10.00. The van der Waals surface area contributed by atoms with E-state index in [0.29, 0.717) is 12.6 Å². The van der Waals surface area contributed by atoms with E-state index < -0.39 is 34.7 Å². The molecule has 116 valence electrons. The monoisotopic (exact) mass is 365 g/mol. The van der Waals surface area contributed by atoms with Crippen molar-refractivity contribution in [3.63, 3.8) is 0 Å². The van der Waals surface area contributed by atoms with E-state index in [2.05, 4.69) is 15.9 Å². The molecule has 0 saturated carbocycles. The highest BCUT2D eigenvalue weighted by atomic mass is 79.9. The van der Waals surface area contributed by atoms with Crippen LogP contribution in [0.1, 0.15) is 36.0 Å². The SMILES string of the molecule is O=C(c1cc(F)c(F)c(O)c1F)N1CCCC1CCCBr. The second-order valence-electron chi connectivity index (χ2n) is 5.01. The minimum atomic E-state index is -1.68. The number of hydrogen-bond donors (Lipinski definition) is 1. The summed E-state index contributed by atoms with van der Waals surface area (Å²) in [6.07, 6.45) is 3.21. The Bertz CT molecular complexity index is 554. The maximum absolute atomic E-state index is 13.8. The minimum absolute atomic E-state index is 0.0373. The molecule has 7 heteroatoms. The average Bonchev–Trinajstić information content (AvgIpc) is 2.94. The van der Waals surface area contributed by atoms with Crippen molar-refractivity contribution < 1.29 is 23.1 Å². The van der Waals surface area contributed by atoms with Crippen molar-refractivity contribution in [2.24, 2.45) is 0 Å². The third-order valence-corrected chi connectivity index (χ3v) is 4.23. The lowest BCUT2D eigenvalue weighted by Crippen LogP contribution is -2.36. The molecule has 1 heterocycles. The van der Waals surface area contributed by atoms with E-state index in [-0.39, 0.29) is 6.04 Å². The zero-order chi connectivity index (χ0) is 15.6. The third kappa shape index (κ3) is 3.17. The first kappa shape index (κ1) is 16.1. The topological polar surface area (TPSA) is 40.5 Å². The van der Waals surface area contributed by atoms with E-state index in [1.165, 1.54) is 4.90 Å². The number of phenols is 1. The largest absolute Gasteiger partial charge is 0.503 e. The molecule has 3 nitrogen and oxygen atoms in total. The Balaban J connectivity index is 2.27. The van der Waals surface area contributed by atoms with Crippen molar-refractivity contribution in [1.82, 2.24) is 4.90 Å². The number of hydrogen-bond acceptors (Lipinski definition) is 2. The fourth-order valence-corrected chi connectivity index (χ4v) is 2.94. The Morgan fingerprint density at radius 1 is 1.38 bits per heavy atom. The summed E-state index contributed by atoms with van der Waals surface area (Å²) in [6.45, 7) is 0.449. The van der Waals surface area contributed by atoms with Crippen LogP contribution in [0.3, 0.4) is 0 Å². The number of nitrogens with zero attached hydrogens (tertiary/aromatic N) is 1. The molecule has 1 saturated heterocycles. The van der Waals surface area contributed by atoms with Gasteiger partial charge in [-0.05, 0) is 31.7 Å². The zero-order valence-electron chi connectivity index (χ0n) is 11.2. The summed E-state index contributed by atoms with van der Waals surface area (Å²) in [6, 6.07) is 0.469. The fraction of sp³-hybridized carbons (Fsp3) is 0.500. The van der Waals surface area contributed by atoms with Gasteiger partial charge in [-0.15, -0.1) is 0 Å². The van der Waals surface area contributed by atoms with E-state index in [0.717, 1.165) is 31.0 Å². The summed E-state index contributed by atoms with van der Waals surface area (Å²) < 4.78 is 40.2. The molecule has 0 aliphatic carbocycles. The molecule has 21 heavy (non-hydrogen) atoms. The molecule has 1 amide bonds. The van der Waals surface area contributed by atoms with E-state index in [1.807, 2.05) is 0 Å². The van der Waals surface area contributed by atoms with Crippen LogP contribution in [0.2, 0.25) is 0 Å². The number of phenolic OH excluding ortho intramolecular Hbond substituents is 1. The van der Waals surface area contributed by atoms with Crippen molar-refractivity contribution in [3.8, 4) is 5.75 Å². The van der Waals surface area contributed by atoms with Crippen molar-refractivity contribution in [2.75, 3.05) is 11.9 Å². The van der Waals surface area contributed by atoms with Gasteiger partial charge in [0, 0.05) is 17.9 Å². The standard InChI is InChI=1S/C14H15BrF3NO2/c15-5-1-3-8-4-2-6-19(8)14(21)9-7-10(16)12(18)13(20)11(9)17/h7-8,20H,1-6H2. The second kappa shape index (κ2) is 6.68. The average molecular weight is 366 g/mol. The number of halogens is 4. The third-order valence-electron chi connectivity index (χ3n) is 3.67. The summed E-state index contributed by atoms with van der Waals surface area (Å²) in [5.41, 5.74) is -0.628. The number of benzene rings is 1. The van der Waals surface area contributed by atoms with Gasteiger partial charge in [0.25, 0.3) is 5.91 Å². The molecule has 1 aromatic carbocycles. The van der Waals surface area contributed by atoms with E-state index in [9.17, 15) is 23.1 Å². The molecule has 0 bridgehead atoms. The first-order valence-corrected chi connectivity index (χ1v) is 7.83. The first-order valence-electron chi connectivity index (χ1n) is 6.70. The number of rotatable bonds is 4. The van der Waals surface area contributed by atoms with Crippen LogP contribution in [0.15, 0.2) is 6.07 Å². The van der Waals surface area contributed by atoms with Crippen LogP contribution in [-0.4, -0.2) is 33.8 Å². The lowest BCUT2D eigenvalue weighted by molar-refractivity contribution is 0.0723. The van der Waals surface area contributed by atoms with Gasteiger partial charge in [0.2, 0.25) is 5.82 Å². The van der Waals surface area contributed by atoms with E-state index >= 15 is 0 Å². The van der Waals surface area contributed by atoms with E-state index in [4.69, 9.17) is 0 Å². The van der Waals surface area contributed by atoms with Gasteiger partial charge in [-0.3, -0.25) is 4.79 Å². The molecule has 1 aliphatic rings. The Labute approximate surface area is 128 Å². The van der Waals surface area contributed by atoms with Gasteiger partial charge in [0.15, 0.2) is 17.4 Å². The maximum atomic E-state index is 13.8. The van der Waals surface area contributed by atoms with Crippen LogP contribution in [0.5, 0.6) is 5.75 Å². The summed E-state index contributed by atoms with van der Waals surface area (Å²) in [4.78, 5) is 13.8. The number of likely N-dealkylation sites (tertiary alicyclic amines) is 1. The Kier molecular flexibility index (Phi) is 5.13. The Hall–Kier alpha value is -1.24. The van der Waals surface area contributed by atoms with Gasteiger partial charge in [-0.1, -0.05) is 15.9 Å². The van der Waals surface area contributed by atoms with Gasteiger partial charge in [-0.2, -0.15) is 4.39 Å². The molecular formula is C14H15BrF3NO2. The minimum Gasteiger partial charge on any atom is -0.503 e. The quantitative estimate of drug-likeness (QED) is 0.654. The molecule has 0 radical (unpaired) electrons. The number of alkyl halides is 1. The van der Waals surface area contributed by atoms with Crippen LogP contribution >= 0.6 is 15.9 Å². The Morgan fingerprint density at radius 3 is 2.76 bits per heavy atom. The zero-order valence-corrected chi connectivity index (χ0v) is 12.8. The molecule has 1 unspecified atom stereocenters. The molecule has 1 fully saturated rings. The van der Waals surface area contributed by atoms with Crippen LogP contribution in [-0.2, 0) is 0 Å². The fourth-order valence-electron chi connectivity index (χ4n) is 2.62. The van der Waals surface area contributed by atoms with Crippen molar-refractivity contribution in [2.45, 2.75) is 31.7 Å². The normalized spacial score (nSPS) is 18.3. The molecule has 1 aliphatic heterocycles. The molecule has 2 rings (SSSR count). The molecule has 1 atom stereocenters. The van der Waals surface area contributed by atoms with Crippen molar-refractivity contribution in [1.29, 1.82) is 0 Å². The smallest absolute Gasteiger partial charge is 0.257 e. The molecular weight excluding hydrogens is 351 g/mol. The van der Waals surface area contributed by atoms with Crippen molar-refractivity contribution in [3.05, 3.63) is 29.1 Å². The maximum Gasteiger partial charge on any atom is 0.257 e. The first-order chi connectivity index (χ1) is 9.97. The van der Waals surface area contributed by atoms with E-state index in [1.54, 1.807) is 0 Å². The van der Waals surface area contributed by atoms with Crippen LogP contribution in [0, 0.1) is 17.5 Å². The van der Waals surface area contributed by atoms with Crippen molar-refractivity contribution >= 4 is 21.8 Å². The summed E-state index contributed by atoms with van der Waals surface area (Å²) in [5.74, 6) is -6.69. The summed E-state index contributed by atoms with van der Waals surface area (Å²) >= 11 is 3.31. The van der Waals surface area contributed by atoms with Gasteiger partial charge in [-0.25, -0.2) is 8.78 Å². The predicted octanol–water partition coefficient (Wildman–Crippen LogP) is 3.59. The number of amides is 1. The molecule has 0 aromatic heterocycles. The lowest BCUT2D eigenvalue weighted by atomic mass is 10.1. The highest BCUT2D eigenvalue weighted by molar-refractivity contribution is 9.09. The number of aromatic hydroxyl groups is 1. The van der Waals surface area contributed by atoms with Crippen LogP contribution in [0.25, 0.3) is 0 Å². The van der Waals surface area contributed by atoms with Gasteiger partial charge in [0.05, 0.1) is 5.56 Å². The highest BCUT2D eigenvalue weighted by Crippen LogP contribution is 2.29. The van der Waals surface area contributed by atoms with Crippen LogP contribution in [0.4, 0.5) is 13.2 Å². The number of carbonyl (C=O) groups is 1. The number of carbonyl (C=O) groups excluding carboxylic acids is 1.